The first-order valence-electron chi connectivity index (χ1n) is 6.97. The van der Waals surface area contributed by atoms with Crippen molar-refractivity contribution in [3.8, 4) is 0 Å². The number of hydrogen-bond donors (Lipinski definition) is 2. The minimum Gasteiger partial charge on any atom is -0.480 e. The molecule has 1 amide bonds. The molecule has 0 unspecified atom stereocenters. The van der Waals surface area contributed by atoms with Crippen LogP contribution in [-0.2, 0) is 17.9 Å². The van der Waals surface area contributed by atoms with E-state index in [0.29, 0.717) is 18.0 Å². The molecule has 0 radical (unpaired) electrons. The summed E-state index contributed by atoms with van der Waals surface area (Å²) in [5.74, 6) is -0.648. The highest BCUT2D eigenvalue weighted by atomic mass is 16.4. The van der Waals surface area contributed by atoms with Gasteiger partial charge in [0, 0.05) is 25.2 Å². The van der Waals surface area contributed by atoms with E-state index in [2.05, 4.69) is 5.32 Å². The van der Waals surface area contributed by atoms with Crippen molar-refractivity contribution in [2.24, 2.45) is 5.92 Å². The summed E-state index contributed by atoms with van der Waals surface area (Å²) >= 11 is 0. The van der Waals surface area contributed by atoms with Gasteiger partial charge in [0.2, 0.25) is 0 Å². The third kappa shape index (κ3) is 2.82. The van der Waals surface area contributed by atoms with E-state index >= 15 is 0 Å². The van der Waals surface area contributed by atoms with Crippen LogP contribution < -0.4 is 5.32 Å². The summed E-state index contributed by atoms with van der Waals surface area (Å²) in [6.07, 6.45) is 2.19. The summed E-state index contributed by atoms with van der Waals surface area (Å²) in [6, 6.07) is 5.65. The number of carboxylic acid groups (broad SMARTS) is 1. The Morgan fingerprint density at radius 3 is 2.70 bits per heavy atom. The number of nitrogens with one attached hydrogen (secondary N) is 1. The highest BCUT2D eigenvalue weighted by molar-refractivity contribution is 5.96. The second-order valence-corrected chi connectivity index (χ2v) is 5.61. The summed E-state index contributed by atoms with van der Waals surface area (Å²) in [7, 11) is 0. The number of rotatable bonds is 5. The normalized spacial score (nSPS) is 16.8. The molecule has 1 aliphatic carbocycles. The van der Waals surface area contributed by atoms with E-state index in [4.69, 9.17) is 5.11 Å². The Bertz CT molecular complexity index is 552. The van der Waals surface area contributed by atoms with E-state index in [-0.39, 0.29) is 12.5 Å². The lowest BCUT2D eigenvalue weighted by atomic mass is 10.1. The first kappa shape index (κ1) is 13.1. The predicted octanol–water partition coefficient (Wildman–Crippen LogP) is 1.23. The zero-order valence-corrected chi connectivity index (χ0v) is 11.3. The fourth-order valence-corrected chi connectivity index (χ4v) is 2.61. The molecule has 0 atom stereocenters. The summed E-state index contributed by atoms with van der Waals surface area (Å²) < 4.78 is 0. The molecule has 3 rings (SSSR count). The SMILES string of the molecule is O=C(O)CN(CC1CC1)C(=O)c1ccc2c(c1)CNC2. The average molecular weight is 274 g/mol. The maximum absolute atomic E-state index is 12.5. The number of fused-ring (bicyclic) bond motifs is 1. The zero-order valence-electron chi connectivity index (χ0n) is 11.3. The van der Waals surface area contributed by atoms with Crippen LogP contribution in [0, 0.1) is 5.92 Å². The van der Waals surface area contributed by atoms with E-state index in [1.165, 1.54) is 10.5 Å². The van der Waals surface area contributed by atoms with Crippen LogP contribution in [0.2, 0.25) is 0 Å². The van der Waals surface area contributed by atoms with Crippen molar-refractivity contribution in [1.29, 1.82) is 0 Å². The van der Waals surface area contributed by atoms with Crippen LogP contribution in [0.5, 0.6) is 0 Å². The topological polar surface area (TPSA) is 69.6 Å². The number of carbonyl (C=O) groups is 2. The van der Waals surface area contributed by atoms with Gasteiger partial charge in [0.25, 0.3) is 5.91 Å². The standard InChI is InChI=1S/C15H18N2O3/c18-14(19)9-17(8-10-1-2-10)15(20)11-3-4-12-6-16-7-13(12)5-11/h3-5,10,16H,1-2,6-9H2,(H,18,19). The maximum atomic E-state index is 12.5. The van der Waals surface area contributed by atoms with Gasteiger partial charge in [0.15, 0.2) is 0 Å². The Morgan fingerprint density at radius 2 is 2.00 bits per heavy atom. The van der Waals surface area contributed by atoms with Crippen LogP contribution in [0.15, 0.2) is 18.2 Å². The van der Waals surface area contributed by atoms with Gasteiger partial charge in [-0.3, -0.25) is 9.59 Å². The third-order valence-corrected chi connectivity index (χ3v) is 3.87. The van der Waals surface area contributed by atoms with Gasteiger partial charge in [-0.1, -0.05) is 6.07 Å². The lowest BCUT2D eigenvalue weighted by Crippen LogP contribution is -2.37. The number of carboxylic acids is 1. The summed E-state index contributed by atoms with van der Waals surface area (Å²) in [5, 5.41) is 12.2. The van der Waals surface area contributed by atoms with Gasteiger partial charge in [0.05, 0.1) is 0 Å². The van der Waals surface area contributed by atoms with Crippen molar-refractivity contribution in [2.75, 3.05) is 13.1 Å². The Hall–Kier alpha value is -1.88. The molecule has 0 bridgehead atoms. The maximum Gasteiger partial charge on any atom is 0.323 e. The van der Waals surface area contributed by atoms with Crippen molar-refractivity contribution in [1.82, 2.24) is 10.2 Å². The first-order valence-corrected chi connectivity index (χ1v) is 6.97. The van der Waals surface area contributed by atoms with Crippen LogP contribution in [0.1, 0.15) is 34.3 Å². The molecule has 1 fully saturated rings. The van der Waals surface area contributed by atoms with Crippen molar-refractivity contribution in [2.45, 2.75) is 25.9 Å². The molecule has 1 aromatic rings. The monoisotopic (exact) mass is 274 g/mol. The van der Waals surface area contributed by atoms with E-state index in [1.807, 2.05) is 12.1 Å². The van der Waals surface area contributed by atoms with Gasteiger partial charge in [0.1, 0.15) is 6.54 Å². The Kier molecular flexibility index (Phi) is 3.44. The third-order valence-electron chi connectivity index (χ3n) is 3.87. The Balaban J connectivity index is 1.78. The number of carbonyl (C=O) groups excluding carboxylic acids is 1. The Labute approximate surface area is 117 Å². The minimum atomic E-state index is -0.957. The predicted molar refractivity (Wildman–Crippen MR) is 73.2 cm³/mol. The molecule has 0 saturated heterocycles. The molecule has 106 valence electrons. The minimum absolute atomic E-state index is 0.172. The number of aliphatic carboxylic acids is 1. The summed E-state index contributed by atoms with van der Waals surface area (Å²) in [4.78, 5) is 24.9. The van der Waals surface area contributed by atoms with Crippen molar-refractivity contribution in [3.05, 3.63) is 34.9 Å². The number of hydrogen-bond acceptors (Lipinski definition) is 3. The summed E-state index contributed by atoms with van der Waals surface area (Å²) in [6.45, 7) is 1.95. The van der Waals surface area contributed by atoms with Crippen LogP contribution in [-0.4, -0.2) is 35.0 Å². The molecule has 5 heteroatoms. The second kappa shape index (κ2) is 5.25. The van der Waals surface area contributed by atoms with Crippen LogP contribution in [0.3, 0.4) is 0 Å². The quantitative estimate of drug-likeness (QED) is 0.847. The molecular weight excluding hydrogens is 256 g/mol. The average Bonchev–Trinajstić information content (AvgIpc) is 3.11. The smallest absolute Gasteiger partial charge is 0.323 e. The number of benzene rings is 1. The van der Waals surface area contributed by atoms with E-state index in [0.717, 1.165) is 31.5 Å². The van der Waals surface area contributed by atoms with Gasteiger partial charge in [-0.2, -0.15) is 0 Å². The fraction of sp³-hybridized carbons (Fsp3) is 0.467. The molecular formula is C15H18N2O3. The van der Waals surface area contributed by atoms with Crippen LogP contribution >= 0.6 is 0 Å². The lowest BCUT2D eigenvalue weighted by Gasteiger charge is -2.21. The highest BCUT2D eigenvalue weighted by Crippen LogP contribution is 2.30. The lowest BCUT2D eigenvalue weighted by molar-refractivity contribution is -0.137. The molecule has 1 saturated carbocycles. The molecule has 2 N–H and O–H groups in total. The Morgan fingerprint density at radius 1 is 1.25 bits per heavy atom. The van der Waals surface area contributed by atoms with Gasteiger partial charge >= 0.3 is 5.97 Å². The molecule has 5 nitrogen and oxygen atoms in total. The van der Waals surface area contributed by atoms with Gasteiger partial charge < -0.3 is 15.3 Å². The summed E-state index contributed by atoms with van der Waals surface area (Å²) in [5.41, 5.74) is 2.94. The molecule has 20 heavy (non-hydrogen) atoms. The van der Waals surface area contributed by atoms with Crippen LogP contribution in [0.4, 0.5) is 0 Å². The molecule has 1 aliphatic heterocycles. The van der Waals surface area contributed by atoms with Gasteiger partial charge in [-0.25, -0.2) is 0 Å². The largest absolute Gasteiger partial charge is 0.480 e. The molecule has 1 heterocycles. The molecule has 0 spiro atoms. The van der Waals surface area contributed by atoms with Crippen molar-refractivity contribution < 1.29 is 14.7 Å². The van der Waals surface area contributed by atoms with Crippen LogP contribution in [0.25, 0.3) is 0 Å². The number of amides is 1. The first-order chi connectivity index (χ1) is 9.63. The second-order valence-electron chi connectivity index (χ2n) is 5.61. The molecule has 1 aromatic carbocycles. The number of nitrogens with zero attached hydrogens (tertiary/aromatic N) is 1. The highest BCUT2D eigenvalue weighted by Gasteiger charge is 2.28. The van der Waals surface area contributed by atoms with Crippen molar-refractivity contribution >= 4 is 11.9 Å². The molecule has 2 aliphatic rings. The van der Waals surface area contributed by atoms with Gasteiger partial charge in [-0.05, 0) is 42.0 Å². The molecule has 0 aromatic heterocycles. The van der Waals surface area contributed by atoms with Crippen molar-refractivity contribution in [3.63, 3.8) is 0 Å². The van der Waals surface area contributed by atoms with E-state index < -0.39 is 5.97 Å². The van der Waals surface area contributed by atoms with E-state index in [1.54, 1.807) is 6.07 Å². The fourth-order valence-electron chi connectivity index (χ4n) is 2.61. The zero-order chi connectivity index (χ0) is 14.1. The van der Waals surface area contributed by atoms with Gasteiger partial charge in [-0.15, -0.1) is 0 Å². The van der Waals surface area contributed by atoms with E-state index in [9.17, 15) is 9.59 Å².